The van der Waals surface area contributed by atoms with Gasteiger partial charge in [0.2, 0.25) is 23.6 Å². The highest BCUT2D eigenvalue weighted by Gasteiger charge is 2.25. The third-order valence-electron chi connectivity index (χ3n) is 8.04. The third kappa shape index (κ3) is 26.4. The summed E-state index contributed by atoms with van der Waals surface area (Å²) in [5.74, 6) is -2.83. The molecular formula is C36H59N5O10. The lowest BCUT2D eigenvalue weighted by molar-refractivity contribution is -0.127. The maximum absolute atomic E-state index is 13.2. The normalized spacial score (nSPS) is 13.8. The van der Waals surface area contributed by atoms with E-state index in [0.29, 0.717) is 12.8 Å². The molecule has 0 saturated heterocycles. The molecule has 0 aliphatic rings. The van der Waals surface area contributed by atoms with Crippen LogP contribution in [0.15, 0.2) is 0 Å². The zero-order valence-corrected chi connectivity index (χ0v) is 31.4. The predicted molar refractivity (Wildman–Crippen MR) is 189 cm³/mol. The Bertz CT molecular complexity index is 1250. The van der Waals surface area contributed by atoms with Crippen LogP contribution in [0.1, 0.15) is 131 Å². The molecule has 0 aliphatic carbocycles. The zero-order valence-electron chi connectivity index (χ0n) is 31.4. The van der Waals surface area contributed by atoms with Gasteiger partial charge in [0.05, 0.1) is 0 Å². The van der Waals surface area contributed by atoms with Gasteiger partial charge in [0.25, 0.3) is 0 Å². The fourth-order valence-electron chi connectivity index (χ4n) is 5.44. The first-order chi connectivity index (χ1) is 23.8. The minimum Gasteiger partial charge on any atom is -0.353 e. The van der Waals surface area contributed by atoms with E-state index >= 15 is 0 Å². The number of hydrogen-bond donors (Lipinski definition) is 5. The van der Waals surface area contributed by atoms with Crippen molar-refractivity contribution in [1.29, 1.82) is 0 Å². The van der Waals surface area contributed by atoms with Gasteiger partial charge in [-0.2, -0.15) is 0 Å². The van der Waals surface area contributed by atoms with Crippen LogP contribution in [0.5, 0.6) is 0 Å². The van der Waals surface area contributed by atoms with Crippen molar-refractivity contribution in [2.45, 2.75) is 162 Å². The number of hydrogen-bond acceptors (Lipinski definition) is 11. The molecule has 15 heteroatoms. The van der Waals surface area contributed by atoms with Crippen LogP contribution in [-0.2, 0) is 47.9 Å². The van der Waals surface area contributed by atoms with Crippen molar-refractivity contribution in [3.05, 3.63) is 0 Å². The van der Waals surface area contributed by atoms with E-state index in [-0.39, 0.29) is 124 Å². The number of carbonyl (C=O) groups excluding carboxylic acids is 10. The van der Waals surface area contributed by atoms with Crippen LogP contribution in [0, 0.1) is 0 Å². The molecule has 4 amide bonds. The molecule has 5 atom stereocenters. The number of carbonyl (C=O) groups is 10. The zero-order chi connectivity index (χ0) is 39.1. The summed E-state index contributed by atoms with van der Waals surface area (Å²) in [5, 5.41) is 13.9. The van der Waals surface area contributed by atoms with Gasteiger partial charge in [0.1, 0.15) is 34.7 Å². The van der Waals surface area contributed by atoms with Crippen LogP contribution in [0.2, 0.25) is 0 Å². The fourth-order valence-corrected chi connectivity index (χ4v) is 5.44. The van der Waals surface area contributed by atoms with E-state index in [2.05, 4.69) is 26.6 Å². The quantitative estimate of drug-likeness (QED) is 0.0743. The molecule has 0 aromatic rings. The van der Waals surface area contributed by atoms with Crippen LogP contribution in [0.4, 0.5) is 0 Å². The van der Waals surface area contributed by atoms with Gasteiger partial charge in [0, 0.05) is 94.4 Å². The van der Waals surface area contributed by atoms with Gasteiger partial charge >= 0.3 is 0 Å². The van der Waals surface area contributed by atoms with Gasteiger partial charge in [0.15, 0.2) is 0 Å². The van der Waals surface area contributed by atoms with Crippen molar-refractivity contribution < 1.29 is 47.9 Å². The summed E-state index contributed by atoms with van der Waals surface area (Å²) in [7, 11) is 1.68. The Morgan fingerprint density at radius 3 is 0.863 bits per heavy atom. The van der Waals surface area contributed by atoms with Crippen molar-refractivity contribution in [2.75, 3.05) is 7.05 Å². The van der Waals surface area contributed by atoms with Crippen molar-refractivity contribution in [3.8, 4) is 0 Å². The molecular weight excluding hydrogens is 662 g/mol. The summed E-state index contributed by atoms with van der Waals surface area (Å²) in [5.41, 5.74) is 0. The van der Waals surface area contributed by atoms with E-state index in [1.807, 2.05) is 0 Å². The molecule has 0 bridgehead atoms. The van der Waals surface area contributed by atoms with E-state index in [0.717, 1.165) is 0 Å². The van der Waals surface area contributed by atoms with Gasteiger partial charge in [-0.25, -0.2) is 0 Å². The molecule has 0 rings (SSSR count). The first-order valence-electron chi connectivity index (χ1n) is 17.6. The summed E-state index contributed by atoms with van der Waals surface area (Å²) in [6, 6.07) is -3.25. The summed E-state index contributed by atoms with van der Waals surface area (Å²) in [4.78, 5) is 122. The van der Waals surface area contributed by atoms with Crippen LogP contribution in [0.3, 0.4) is 0 Å². The second kappa shape index (κ2) is 25.8. The Morgan fingerprint density at radius 1 is 0.333 bits per heavy atom. The SMILES string of the molecule is CNC(CCC(C)=O)CC(=O)NC(CCC(C)=O)CC(=O)NC(CC(C)=O)CC(=O)NC(CCC(C)=O)CC(=O)NC(CCC(C)=O)CC(C)=O. The number of rotatable bonds is 29. The van der Waals surface area contributed by atoms with E-state index in [1.165, 1.54) is 41.5 Å². The van der Waals surface area contributed by atoms with Crippen LogP contribution in [-0.4, -0.2) is 95.6 Å². The van der Waals surface area contributed by atoms with Crippen LogP contribution >= 0.6 is 0 Å². The lowest BCUT2D eigenvalue weighted by Crippen LogP contribution is -2.46. The molecule has 0 saturated carbocycles. The average Bonchev–Trinajstić information content (AvgIpc) is 2.98. The number of amides is 4. The van der Waals surface area contributed by atoms with Crippen molar-refractivity contribution >= 4 is 58.3 Å². The van der Waals surface area contributed by atoms with Crippen molar-refractivity contribution in [2.24, 2.45) is 0 Å². The molecule has 288 valence electrons. The molecule has 5 unspecified atom stereocenters. The molecule has 0 spiro atoms. The van der Waals surface area contributed by atoms with Gasteiger partial charge in [-0.15, -0.1) is 0 Å². The highest BCUT2D eigenvalue weighted by atomic mass is 16.2. The molecule has 0 aliphatic heterocycles. The molecule has 5 N–H and O–H groups in total. The second-order valence-corrected chi connectivity index (χ2v) is 13.6. The minimum atomic E-state index is -0.923. The largest absolute Gasteiger partial charge is 0.353 e. The standard InChI is InChI=1S/C36H59N5O10/c1-22(42)8-12-28(37-7)18-33(48)39-31(15-11-25(4)45)20-35(50)41-32(17-27(6)47)21-36(51)40-30(14-10-24(3)44)19-34(49)38-29(16-26(5)46)13-9-23(2)43/h28-32,37H,8-21H2,1-7H3,(H,38,49)(H,39,48)(H,40,51)(H,41,50). The molecule has 0 aromatic carbocycles. The van der Waals surface area contributed by atoms with E-state index in [9.17, 15) is 47.9 Å². The van der Waals surface area contributed by atoms with Gasteiger partial charge in [-0.3, -0.25) is 28.8 Å². The van der Waals surface area contributed by atoms with Gasteiger partial charge in [-0.1, -0.05) is 0 Å². The summed E-state index contributed by atoms with van der Waals surface area (Å²) < 4.78 is 0. The summed E-state index contributed by atoms with van der Waals surface area (Å²) in [6.07, 6.45) is 0.870. The minimum absolute atomic E-state index is 0.00528. The van der Waals surface area contributed by atoms with Gasteiger partial charge in [-0.05, 0) is 74.3 Å². The van der Waals surface area contributed by atoms with Crippen molar-refractivity contribution in [3.63, 3.8) is 0 Å². The molecule has 0 heterocycles. The average molecular weight is 722 g/mol. The van der Waals surface area contributed by atoms with E-state index in [4.69, 9.17) is 0 Å². The smallest absolute Gasteiger partial charge is 0.222 e. The Balaban J connectivity index is 5.63. The molecule has 0 fully saturated rings. The number of nitrogens with one attached hydrogen (secondary N) is 5. The Morgan fingerprint density at radius 2 is 0.569 bits per heavy atom. The maximum atomic E-state index is 13.2. The number of Topliss-reactive ketones (excluding diaryl/α,β-unsaturated/α-hetero) is 6. The van der Waals surface area contributed by atoms with Crippen LogP contribution in [0.25, 0.3) is 0 Å². The topological polar surface area (TPSA) is 231 Å². The van der Waals surface area contributed by atoms with Crippen molar-refractivity contribution in [1.82, 2.24) is 26.6 Å². The Hall–Kier alpha value is -4.14. The third-order valence-corrected chi connectivity index (χ3v) is 8.04. The Kier molecular flexibility index (Phi) is 23.7. The monoisotopic (exact) mass is 721 g/mol. The summed E-state index contributed by atoms with van der Waals surface area (Å²) in [6.45, 7) is 8.33. The lowest BCUT2D eigenvalue weighted by Gasteiger charge is -2.24. The molecule has 0 radical (unpaired) electrons. The first kappa shape index (κ1) is 46.9. The maximum Gasteiger partial charge on any atom is 0.222 e. The highest BCUT2D eigenvalue weighted by Crippen LogP contribution is 2.11. The Labute approximate surface area is 301 Å². The fraction of sp³-hybridized carbons (Fsp3) is 0.722. The predicted octanol–water partition coefficient (Wildman–Crippen LogP) is 1.51. The lowest BCUT2D eigenvalue weighted by atomic mass is 10.0. The van der Waals surface area contributed by atoms with Crippen LogP contribution < -0.4 is 26.6 Å². The first-order valence-corrected chi connectivity index (χ1v) is 17.6. The number of ketones is 6. The summed E-state index contributed by atoms with van der Waals surface area (Å²) >= 11 is 0. The molecule has 15 nitrogen and oxygen atoms in total. The highest BCUT2D eigenvalue weighted by molar-refractivity contribution is 5.85. The van der Waals surface area contributed by atoms with E-state index in [1.54, 1.807) is 7.05 Å². The molecule has 0 aromatic heterocycles. The molecule has 51 heavy (non-hydrogen) atoms. The van der Waals surface area contributed by atoms with Gasteiger partial charge < -0.3 is 45.8 Å². The second-order valence-electron chi connectivity index (χ2n) is 13.6. The van der Waals surface area contributed by atoms with E-state index < -0.39 is 41.9 Å².